The number of nitrogens with zero attached hydrogens (tertiary/aromatic N) is 4. The van der Waals surface area contributed by atoms with Crippen LogP contribution in [0.2, 0.25) is 0 Å². The molecule has 3 aromatic rings. The molecule has 1 fully saturated rings. The van der Waals surface area contributed by atoms with Gasteiger partial charge in [-0.3, -0.25) is 0 Å². The van der Waals surface area contributed by atoms with Gasteiger partial charge in [0.25, 0.3) is 0 Å². The highest BCUT2D eigenvalue weighted by atomic mass is 19.1. The molecular formula is C17H18FN5O. The second kappa shape index (κ2) is 6.16. The molecule has 0 radical (unpaired) electrons. The van der Waals surface area contributed by atoms with Crippen LogP contribution >= 0.6 is 0 Å². The van der Waals surface area contributed by atoms with Crippen molar-refractivity contribution in [2.45, 2.75) is 31.4 Å². The second-order valence-corrected chi connectivity index (χ2v) is 6.00. The molecule has 124 valence electrons. The molecule has 0 aliphatic heterocycles. The monoisotopic (exact) mass is 327 g/mol. The number of fused-ring (bicyclic) bond motifs is 1. The maximum atomic E-state index is 14.1. The van der Waals surface area contributed by atoms with Crippen molar-refractivity contribution in [3.8, 4) is 11.4 Å². The highest BCUT2D eigenvalue weighted by molar-refractivity contribution is 5.60. The van der Waals surface area contributed by atoms with Gasteiger partial charge in [0.2, 0.25) is 0 Å². The number of aromatic nitrogens is 4. The molecule has 2 unspecified atom stereocenters. The minimum atomic E-state index is -0.342. The Morgan fingerprint density at radius 3 is 2.83 bits per heavy atom. The smallest absolute Gasteiger partial charge is 0.188 e. The lowest BCUT2D eigenvalue weighted by Gasteiger charge is -2.13. The highest BCUT2D eigenvalue weighted by Gasteiger charge is 2.24. The van der Waals surface area contributed by atoms with Crippen LogP contribution in [0.15, 0.2) is 36.4 Å². The number of methoxy groups -OCH3 is 1. The van der Waals surface area contributed by atoms with Crippen LogP contribution in [0.3, 0.4) is 0 Å². The van der Waals surface area contributed by atoms with Crippen LogP contribution in [-0.4, -0.2) is 39.1 Å². The second-order valence-electron chi connectivity index (χ2n) is 6.00. The molecule has 1 aliphatic rings. The lowest BCUT2D eigenvalue weighted by atomic mass is 10.2. The molecule has 1 aromatic carbocycles. The molecule has 6 nitrogen and oxygen atoms in total. The normalized spacial score (nSPS) is 20.6. The Morgan fingerprint density at radius 1 is 1.17 bits per heavy atom. The molecule has 7 heteroatoms. The molecule has 0 saturated heterocycles. The Bertz CT molecular complexity index is 865. The first-order valence-corrected chi connectivity index (χ1v) is 8.01. The molecule has 0 spiro atoms. The molecule has 1 saturated carbocycles. The van der Waals surface area contributed by atoms with E-state index in [-0.39, 0.29) is 5.82 Å². The van der Waals surface area contributed by atoms with Gasteiger partial charge in [-0.15, -0.1) is 15.3 Å². The first kappa shape index (κ1) is 15.0. The van der Waals surface area contributed by atoms with E-state index in [1.807, 2.05) is 12.1 Å². The molecule has 24 heavy (non-hydrogen) atoms. The van der Waals surface area contributed by atoms with Gasteiger partial charge >= 0.3 is 0 Å². The first-order valence-electron chi connectivity index (χ1n) is 8.01. The number of nitrogens with one attached hydrogen (secondary N) is 1. The molecule has 0 bridgehead atoms. The molecule has 1 N–H and O–H groups in total. The van der Waals surface area contributed by atoms with Crippen molar-refractivity contribution >= 4 is 11.5 Å². The Morgan fingerprint density at radius 2 is 2.04 bits per heavy atom. The summed E-state index contributed by atoms with van der Waals surface area (Å²) >= 11 is 0. The maximum absolute atomic E-state index is 14.1. The van der Waals surface area contributed by atoms with Crippen molar-refractivity contribution in [1.29, 1.82) is 0 Å². The number of halogens is 1. The topological polar surface area (TPSA) is 64.3 Å². The Kier molecular flexibility index (Phi) is 3.86. The van der Waals surface area contributed by atoms with E-state index < -0.39 is 0 Å². The van der Waals surface area contributed by atoms with Gasteiger partial charge in [0.1, 0.15) is 11.6 Å². The average Bonchev–Trinajstić information content (AvgIpc) is 3.22. The standard InChI is InChI=1S/C17H18FN5O/c1-24-12-7-6-11(10-12)19-15-8-9-16-20-21-17(23(16)22-15)13-4-2-3-5-14(13)18/h2-5,8-9,11-12H,6-7,10H2,1H3,(H,19,22). The molecule has 0 amide bonds. The van der Waals surface area contributed by atoms with Crippen molar-refractivity contribution in [1.82, 2.24) is 19.8 Å². The number of anilines is 1. The van der Waals surface area contributed by atoms with Gasteiger partial charge in [0.05, 0.1) is 11.7 Å². The summed E-state index contributed by atoms with van der Waals surface area (Å²) in [6.45, 7) is 0. The predicted molar refractivity (Wildman–Crippen MR) is 88.2 cm³/mol. The van der Waals surface area contributed by atoms with Gasteiger partial charge in [0, 0.05) is 13.2 Å². The number of ether oxygens (including phenoxy) is 1. The van der Waals surface area contributed by atoms with Crippen LogP contribution < -0.4 is 5.32 Å². The van der Waals surface area contributed by atoms with E-state index in [1.165, 1.54) is 6.07 Å². The fourth-order valence-electron chi connectivity index (χ4n) is 3.17. The third-order valence-electron chi connectivity index (χ3n) is 4.45. The van der Waals surface area contributed by atoms with E-state index in [4.69, 9.17) is 4.74 Å². The summed E-state index contributed by atoms with van der Waals surface area (Å²) in [5.74, 6) is 0.778. The Hall–Kier alpha value is -2.54. The minimum absolute atomic E-state index is 0.301. The van der Waals surface area contributed by atoms with Crippen molar-refractivity contribution in [3.63, 3.8) is 0 Å². The number of hydrogen-bond acceptors (Lipinski definition) is 5. The summed E-state index contributed by atoms with van der Waals surface area (Å²) in [6, 6.07) is 10.5. The van der Waals surface area contributed by atoms with Gasteiger partial charge in [-0.2, -0.15) is 4.52 Å². The summed E-state index contributed by atoms with van der Waals surface area (Å²) in [6.07, 6.45) is 3.35. The SMILES string of the molecule is COC1CCC(Nc2ccc3nnc(-c4ccccc4F)n3n2)C1. The Balaban J connectivity index is 1.65. The minimum Gasteiger partial charge on any atom is -0.381 e. The molecule has 2 atom stereocenters. The molecule has 2 aromatic heterocycles. The zero-order valence-electron chi connectivity index (χ0n) is 13.3. The van der Waals surface area contributed by atoms with Crippen molar-refractivity contribution in [3.05, 3.63) is 42.2 Å². The van der Waals surface area contributed by atoms with E-state index in [0.29, 0.717) is 29.2 Å². The lowest BCUT2D eigenvalue weighted by molar-refractivity contribution is 0.108. The quantitative estimate of drug-likeness (QED) is 0.798. The van der Waals surface area contributed by atoms with Crippen LogP contribution in [0.5, 0.6) is 0 Å². The van der Waals surface area contributed by atoms with Crippen LogP contribution in [0, 0.1) is 5.82 Å². The predicted octanol–water partition coefficient (Wildman–Crippen LogP) is 2.91. The zero-order valence-corrected chi connectivity index (χ0v) is 13.3. The van der Waals surface area contributed by atoms with Gasteiger partial charge in [0.15, 0.2) is 11.5 Å². The van der Waals surface area contributed by atoms with Crippen molar-refractivity contribution in [2.75, 3.05) is 12.4 Å². The zero-order chi connectivity index (χ0) is 16.5. The van der Waals surface area contributed by atoms with Crippen molar-refractivity contribution < 1.29 is 9.13 Å². The average molecular weight is 327 g/mol. The third-order valence-corrected chi connectivity index (χ3v) is 4.45. The van der Waals surface area contributed by atoms with Gasteiger partial charge in [-0.25, -0.2) is 4.39 Å². The largest absolute Gasteiger partial charge is 0.381 e. The van der Waals surface area contributed by atoms with E-state index in [0.717, 1.165) is 25.1 Å². The van der Waals surface area contributed by atoms with Gasteiger partial charge in [-0.05, 0) is 43.5 Å². The number of benzene rings is 1. The molecular weight excluding hydrogens is 309 g/mol. The third kappa shape index (κ3) is 2.71. The van der Waals surface area contributed by atoms with Crippen molar-refractivity contribution in [2.24, 2.45) is 0 Å². The molecule has 2 heterocycles. The summed E-state index contributed by atoms with van der Waals surface area (Å²) in [5.41, 5.74) is 0.968. The first-order chi connectivity index (χ1) is 11.7. The molecule has 1 aliphatic carbocycles. The summed E-state index contributed by atoms with van der Waals surface area (Å²) in [4.78, 5) is 0. The van der Waals surface area contributed by atoms with Crippen LogP contribution in [0.25, 0.3) is 17.0 Å². The van der Waals surface area contributed by atoms with E-state index >= 15 is 0 Å². The van der Waals surface area contributed by atoms with Gasteiger partial charge < -0.3 is 10.1 Å². The van der Waals surface area contributed by atoms with E-state index in [1.54, 1.807) is 29.8 Å². The summed E-state index contributed by atoms with van der Waals surface area (Å²) < 4.78 is 21.0. The molecule has 4 rings (SSSR count). The number of hydrogen-bond donors (Lipinski definition) is 1. The van der Waals surface area contributed by atoms with Crippen LogP contribution in [0.4, 0.5) is 10.2 Å². The fourth-order valence-corrected chi connectivity index (χ4v) is 3.17. The lowest BCUT2D eigenvalue weighted by Crippen LogP contribution is -2.18. The summed E-state index contributed by atoms with van der Waals surface area (Å²) in [5, 5.41) is 16.1. The van der Waals surface area contributed by atoms with E-state index in [2.05, 4.69) is 20.6 Å². The maximum Gasteiger partial charge on any atom is 0.188 e. The van der Waals surface area contributed by atoms with E-state index in [9.17, 15) is 4.39 Å². The fraction of sp³-hybridized carbons (Fsp3) is 0.353. The van der Waals surface area contributed by atoms with Crippen LogP contribution in [-0.2, 0) is 4.74 Å². The Labute approximate surface area is 138 Å². The van der Waals surface area contributed by atoms with Crippen LogP contribution in [0.1, 0.15) is 19.3 Å². The number of rotatable bonds is 4. The highest BCUT2D eigenvalue weighted by Crippen LogP contribution is 2.25. The van der Waals surface area contributed by atoms with Gasteiger partial charge in [-0.1, -0.05) is 12.1 Å². The summed E-state index contributed by atoms with van der Waals surface area (Å²) in [7, 11) is 1.75.